The molecule has 6 rings (SSSR count). The van der Waals surface area contributed by atoms with E-state index < -0.39 is 11.7 Å². The molecule has 0 bridgehead atoms. The van der Waals surface area contributed by atoms with Crippen LogP contribution in [0.5, 0.6) is 5.88 Å². The summed E-state index contributed by atoms with van der Waals surface area (Å²) in [4.78, 5) is 44.5. The van der Waals surface area contributed by atoms with Crippen molar-refractivity contribution in [3.05, 3.63) is 75.7 Å². The topological polar surface area (TPSA) is 116 Å². The maximum absolute atomic E-state index is 15.1. The average Bonchev–Trinajstić information content (AvgIpc) is 3.65. The molecule has 0 spiro atoms. The van der Waals surface area contributed by atoms with E-state index in [1.165, 1.54) is 28.1 Å². The first kappa shape index (κ1) is 31.5. The number of carbonyl (C=O) groups is 3. The molecule has 3 aromatic rings. The van der Waals surface area contributed by atoms with Crippen molar-refractivity contribution in [2.24, 2.45) is 0 Å². The van der Waals surface area contributed by atoms with Crippen LogP contribution >= 0.6 is 11.6 Å². The van der Waals surface area contributed by atoms with Gasteiger partial charge < -0.3 is 30.5 Å². The fourth-order valence-electron chi connectivity index (χ4n) is 6.50. The molecule has 0 radical (unpaired) electrons. The third kappa shape index (κ3) is 6.04. The van der Waals surface area contributed by atoms with Gasteiger partial charge in [0.15, 0.2) is 0 Å². The van der Waals surface area contributed by atoms with Gasteiger partial charge >= 0.3 is 6.03 Å². The van der Waals surface area contributed by atoms with E-state index in [0.29, 0.717) is 63.1 Å². The number of urea groups is 1. The summed E-state index contributed by atoms with van der Waals surface area (Å²) in [5, 5.41) is 9.80. The van der Waals surface area contributed by atoms with E-state index in [2.05, 4.69) is 16.0 Å². The van der Waals surface area contributed by atoms with E-state index in [-0.39, 0.29) is 30.6 Å². The highest BCUT2D eigenvalue weighted by molar-refractivity contribution is 6.36. The van der Waals surface area contributed by atoms with E-state index in [1.807, 2.05) is 24.3 Å². The number of aromatic nitrogens is 1. The lowest BCUT2D eigenvalue weighted by Gasteiger charge is -2.29. The van der Waals surface area contributed by atoms with Gasteiger partial charge in [-0.25, -0.2) is 14.2 Å². The fraction of sp³-hybridized carbons (Fsp3) is 0.353. The number of nitrogens with zero attached hydrogens (tertiary/aromatic N) is 3. The maximum Gasteiger partial charge on any atom is 0.323 e. The van der Waals surface area contributed by atoms with Gasteiger partial charge in [-0.15, -0.1) is 0 Å². The highest BCUT2D eigenvalue weighted by Crippen LogP contribution is 2.43. The Balaban J connectivity index is 1.29. The number of amides is 4. The van der Waals surface area contributed by atoms with Crippen molar-refractivity contribution in [2.45, 2.75) is 44.7 Å². The number of likely N-dealkylation sites (N-methyl/N-ethyl adjacent to an activating group) is 1. The van der Waals surface area contributed by atoms with E-state index in [4.69, 9.17) is 21.3 Å². The van der Waals surface area contributed by atoms with Crippen molar-refractivity contribution >= 4 is 35.1 Å². The number of methoxy groups -OCH3 is 1. The summed E-state index contributed by atoms with van der Waals surface area (Å²) >= 11 is 7.05. The van der Waals surface area contributed by atoms with Crippen LogP contribution < -0.4 is 20.7 Å². The van der Waals surface area contributed by atoms with Crippen molar-refractivity contribution in [2.75, 3.05) is 39.6 Å². The number of halogens is 2. The van der Waals surface area contributed by atoms with E-state index in [0.717, 1.165) is 30.4 Å². The Hall–Kier alpha value is -4.48. The lowest BCUT2D eigenvalue weighted by molar-refractivity contribution is -0.119. The standard InChI is InChI=1S/C34H36ClFN6O4/c1-18-25(13-21(36)14-27(18)39-32(44)20-16-41(2)34(45)42(3)17-20)23-6-5-7-24(31(23)35)28-12-19-8-10-26(30(19)33(40-28)46-4)37-15-22-9-11-29(43)38-22/h5-7,12-14,16,22,26,37H,8-11,15,17H2,1-4H3,(H,38,43)(H,39,44)/t22-,26-/m0/s1. The van der Waals surface area contributed by atoms with Gasteiger partial charge in [0.2, 0.25) is 11.8 Å². The highest BCUT2D eigenvalue weighted by Gasteiger charge is 2.31. The first-order valence-electron chi connectivity index (χ1n) is 15.2. The zero-order chi connectivity index (χ0) is 32.7. The van der Waals surface area contributed by atoms with Gasteiger partial charge in [-0.2, -0.15) is 0 Å². The van der Waals surface area contributed by atoms with Crippen molar-refractivity contribution in [1.29, 1.82) is 0 Å². The predicted molar refractivity (Wildman–Crippen MR) is 174 cm³/mol. The number of carbonyl (C=O) groups excluding carboxylic acids is 3. The Morgan fingerprint density at radius 2 is 1.91 bits per heavy atom. The smallest absolute Gasteiger partial charge is 0.323 e. The molecule has 2 aliphatic heterocycles. The first-order chi connectivity index (χ1) is 22.0. The summed E-state index contributed by atoms with van der Waals surface area (Å²) in [5.41, 5.74) is 5.86. The van der Waals surface area contributed by atoms with Crippen LogP contribution in [0.15, 0.2) is 48.2 Å². The second kappa shape index (κ2) is 12.7. The Morgan fingerprint density at radius 3 is 2.63 bits per heavy atom. The molecule has 0 unspecified atom stereocenters. The quantitative estimate of drug-likeness (QED) is 0.310. The van der Waals surface area contributed by atoms with Crippen LogP contribution in [0.25, 0.3) is 22.4 Å². The summed E-state index contributed by atoms with van der Waals surface area (Å²) in [6.07, 6.45) is 4.57. The number of fused-ring (bicyclic) bond motifs is 1. The van der Waals surface area contributed by atoms with Gasteiger partial charge in [0.05, 0.1) is 29.9 Å². The molecule has 4 amide bonds. The average molecular weight is 647 g/mol. The predicted octanol–water partition coefficient (Wildman–Crippen LogP) is 5.20. The third-order valence-electron chi connectivity index (χ3n) is 8.91. The molecule has 2 atom stereocenters. The highest BCUT2D eigenvalue weighted by atomic mass is 35.5. The Kier molecular flexibility index (Phi) is 8.71. The third-order valence-corrected chi connectivity index (χ3v) is 9.32. The van der Waals surface area contributed by atoms with E-state index >= 15 is 4.39 Å². The fourth-order valence-corrected chi connectivity index (χ4v) is 6.82. The number of nitrogens with one attached hydrogen (secondary N) is 3. The molecule has 10 nitrogen and oxygen atoms in total. The van der Waals surface area contributed by atoms with Crippen LogP contribution in [0.4, 0.5) is 14.9 Å². The maximum atomic E-state index is 15.1. The molecule has 2 aromatic carbocycles. The zero-order valence-electron chi connectivity index (χ0n) is 26.2. The van der Waals surface area contributed by atoms with E-state index in [1.54, 1.807) is 28.1 Å². The molecule has 1 aromatic heterocycles. The van der Waals surface area contributed by atoms with Crippen molar-refractivity contribution in [3.63, 3.8) is 0 Å². The number of rotatable bonds is 8. The molecule has 46 heavy (non-hydrogen) atoms. The van der Waals surface area contributed by atoms with Crippen molar-refractivity contribution in [1.82, 2.24) is 25.4 Å². The number of hydrogen-bond donors (Lipinski definition) is 3. The van der Waals surface area contributed by atoms with Gasteiger partial charge in [0.25, 0.3) is 5.91 Å². The number of hydrogen-bond acceptors (Lipinski definition) is 6. The number of anilines is 1. The molecule has 1 aliphatic carbocycles. The Morgan fingerprint density at radius 1 is 1.13 bits per heavy atom. The molecule has 3 N–H and O–H groups in total. The van der Waals surface area contributed by atoms with Gasteiger partial charge in [0, 0.05) is 67.7 Å². The minimum atomic E-state index is -0.535. The largest absolute Gasteiger partial charge is 0.481 e. The van der Waals surface area contributed by atoms with Crippen LogP contribution in [-0.2, 0) is 16.0 Å². The second-order valence-electron chi connectivity index (χ2n) is 12.0. The summed E-state index contributed by atoms with van der Waals surface area (Å²) in [7, 11) is 4.78. The normalized spacial score (nSPS) is 19.2. The molecule has 3 aliphatic rings. The van der Waals surface area contributed by atoms with Crippen LogP contribution in [-0.4, -0.2) is 73.0 Å². The minimum Gasteiger partial charge on any atom is -0.481 e. The Labute approximate surface area is 271 Å². The van der Waals surface area contributed by atoms with Gasteiger partial charge in [-0.05, 0) is 61.1 Å². The molecule has 12 heteroatoms. The number of pyridine rings is 1. The van der Waals surface area contributed by atoms with Gasteiger partial charge in [-0.1, -0.05) is 29.8 Å². The second-order valence-corrected chi connectivity index (χ2v) is 12.4. The number of ether oxygens (including phenoxy) is 1. The van der Waals surface area contributed by atoms with Crippen LogP contribution in [0.3, 0.4) is 0 Å². The van der Waals surface area contributed by atoms with Crippen molar-refractivity contribution < 1.29 is 23.5 Å². The lowest BCUT2D eigenvalue weighted by atomic mass is 9.95. The molecule has 0 saturated carbocycles. The molecule has 1 fully saturated rings. The molecular formula is C34H36ClFN6O4. The summed E-state index contributed by atoms with van der Waals surface area (Å²) in [6, 6.07) is 10.2. The molecular weight excluding hydrogens is 611 g/mol. The molecule has 3 heterocycles. The molecule has 1 saturated heterocycles. The summed E-state index contributed by atoms with van der Waals surface area (Å²) in [5.74, 6) is -0.359. The van der Waals surface area contributed by atoms with Gasteiger partial charge in [0.1, 0.15) is 5.82 Å². The summed E-state index contributed by atoms with van der Waals surface area (Å²) in [6.45, 7) is 2.61. The first-order valence-corrected chi connectivity index (χ1v) is 15.6. The monoisotopic (exact) mass is 646 g/mol. The van der Waals surface area contributed by atoms with Crippen LogP contribution in [0.1, 0.15) is 42.0 Å². The van der Waals surface area contributed by atoms with Crippen molar-refractivity contribution in [3.8, 4) is 28.3 Å². The number of benzene rings is 2. The Bertz CT molecular complexity index is 1780. The lowest BCUT2D eigenvalue weighted by Crippen LogP contribution is -2.43. The van der Waals surface area contributed by atoms with Gasteiger partial charge in [-0.3, -0.25) is 9.59 Å². The summed E-state index contributed by atoms with van der Waals surface area (Å²) < 4.78 is 20.8. The van der Waals surface area contributed by atoms with Crippen LogP contribution in [0.2, 0.25) is 5.02 Å². The number of aryl methyl sites for hydroxylation is 1. The minimum absolute atomic E-state index is 0.0556. The zero-order valence-corrected chi connectivity index (χ0v) is 26.9. The van der Waals surface area contributed by atoms with E-state index in [9.17, 15) is 14.4 Å². The van der Waals surface area contributed by atoms with Crippen LogP contribution in [0, 0.1) is 12.7 Å². The SMILES string of the molecule is COc1nc(-c2cccc(-c3cc(F)cc(NC(=O)C4=CN(C)C(=O)N(C)C4)c3C)c2Cl)cc2c1[C@@H](NC[C@@H]1CCC(=O)N1)CC2. The molecule has 240 valence electrons.